The summed E-state index contributed by atoms with van der Waals surface area (Å²) in [7, 11) is -3.65. The quantitative estimate of drug-likeness (QED) is 0.619. The van der Waals surface area contributed by atoms with Crippen LogP contribution in [-0.2, 0) is 14.8 Å². The summed E-state index contributed by atoms with van der Waals surface area (Å²) in [5, 5.41) is 4.25. The van der Waals surface area contributed by atoms with E-state index in [-0.39, 0.29) is 30.0 Å². The molecule has 1 amide bonds. The standard InChI is InChI=1S/C20H22Cl2N2O5S.ClH/c1-30(26,27)24-20(25)14-3-2-4-16(9-14)29-12-15-11-23-7-8-28-19(15)13-5-6-17(21)18(22)10-13;/h2-6,9-10,15,19,23H,7-8,11-12H2,1H3,(H,24,25);1H/t15-,19-;/m0./s1. The lowest BCUT2D eigenvalue weighted by molar-refractivity contribution is 0.0153. The molecule has 1 aliphatic heterocycles. The Labute approximate surface area is 197 Å². The highest BCUT2D eigenvalue weighted by atomic mass is 35.5. The molecule has 2 N–H and O–H groups in total. The Bertz CT molecular complexity index is 1020. The van der Waals surface area contributed by atoms with Crippen molar-refractivity contribution in [1.29, 1.82) is 0 Å². The van der Waals surface area contributed by atoms with Crippen LogP contribution in [0, 0.1) is 5.92 Å². The highest BCUT2D eigenvalue weighted by molar-refractivity contribution is 7.89. The fraction of sp³-hybridized carbons (Fsp3) is 0.350. The molecule has 2 aromatic carbocycles. The van der Waals surface area contributed by atoms with E-state index in [1.165, 1.54) is 12.1 Å². The van der Waals surface area contributed by atoms with Crippen molar-refractivity contribution >= 4 is 51.5 Å². The number of hydrogen-bond donors (Lipinski definition) is 2. The molecular weight excluding hydrogens is 487 g/mol. The van der Waals surface area contributed by atoms with Gasteiger partial charge in [-0.1, -0.05) is 35.3 Å². The molecule has 2 aromatic rings. The lowest BCUT2D eigenvalue weighted by atomic mass is 9.96. The molecule has 0 aliphatic carbocycles. The molecule has 0 radical (unpaired) electrons. The van der Waals surface area contributed by atoms with Crippen LogP contribution in [-0.4, -0.2) is 46.9 Å². The third kappa shape index (κ3) is 7.52. The monoisotopic (exact) mass is 508 g/mol. The average Bonchev–Trinajstić information content (AvgIpc) is 2.93. The van der Waals surface area contributed by atoms with Crippen molar-refractivity contribution in [2.75, 3.05) is 32.6 Å². The maximum atomic E-state index is 12.1. The second kappa shape index (κ2) is 11.4. The minimum Gasteiger partial charge on any atom is -0.493 e. The summed E-state index contributed by atoms with van der Waals surface area (Å²) in [6.45, 7) is 2.24. The first-order valence-electron chi connectivity index (χ1n) is 9.25. The number of carbonyl (C=O) groups is 1. The Morgan fingerprint density at radius 3 is 2.71 bits per heavy atom. The molecule has 1 fully saturated rings. The van der Waals surface area contributed by atoms with E-state index in [2.05, 4.69) is 5.32 Å². The summed E-state index contributed by atoms with van der Waals surface area (Å²) >= 11 is 12.2. The predicted molar refractivity (Wildman–Crippen MR) is 123 cm³/mol. The summed E-state index contributed by atoms with van der Waals surface area (Å²) in [6, 6.07) is 11.8. The maximum Gasteiger partial charge on any atom is 0.264 e. The van der Waals surface area contributed by atoms with E-state index in [9.17, 15) is 13.2 Å². The minimum absolute atomic E-state index is 0. The number of hydrogen-bond acceptors (Lipinski definition) is 6. The number of carbonyl (C=O) groups excluding carboxylic acids is 1. The van der Waals surface area contributed by atoms with E-state index in [1.807, 2.05) is 10.8 Å². The van der Waals surface area contributed by atoms with Gasteiger partial charge in [0.15, 0.2) is 0 Å². The predicted octanol–water partition coefficient (Wildman–Crippen LogP) is 3.46. The molecule has 0 bridgehead atoms. The van der Waals surface area contributed by atoms with Gasteiger partial charge >= 0.3 is 0 Å². The number of sulfonamides is 1. The van der Waals surface area contributed by atoms with Gasteiger partial charge in [0, 0.05) is 24.6 Å². The smallest absolute Gasteiger partial charge is 0.264 e. The van der Waals surface area contributed by atoms with Crippen LogP contribution < -0.4 is 14.8 Å². The Hall–Kier alpha value is -1.55. The van der Waals surface area contributed by atoms with Gasteiger partial charge in [0.2, 0.25) is 10.0 Å². The molecule has 3 rings (SSSR count). The molecule has 11 heteroatoms. The fourth-order valence-electron chi connectivity index (χ4n) is 3.15. The van der Waals surface area contributed by atoms with Crippen LogP contribution in [0.2, 0.25) is 10.0 Å². The van der Waals surface area contributed by atoms with Gasteiger partial charge in [-0.3, -0.25) is 4.79 Å². The van der Waals surface area contributed by atoms with Crippen molar-refractivity contribution in [2.24, 2.45) is 5.92 Å². The van der Waals surface area contributed by atoms with Gasteiger partial charge in [-0.15, -0.1) is 12.4 Å². The van der Waals surface area contributed by atoms with Gasteiger partial charge in [-0.05, 0) is 35.9 Å². The minimum atomic E-state index is -3.65. The molecule has 2 atom stereocenters. The molecule has 31 heavy (non-hydrogen) atoms. The van der Waals surface area contributed by atoms with Crippen molar-refractivity contribution < 1.29 is 22.7 Å². The average molecular weight is 510 g/mol. The van der Waals surface area contributed by atoms with Gasteiger partial charge in [0.25, 0.3) is 5.91 Å². The number of benzene rings is 2. The number of halogens is 3. The van der Waals surface area contributed by atoms with Gasteiger partial charge in [0.05, 0.1) is 35.6 Å². The van der Waals surface area contributed by atoms with E-state index >= 15 is 0 Å². The maximum absolute atomic E-state index is 12.1. The SMILES string of the molecule is CS(=O)(=O)NC(=O)c1cccc(OC[C@@H]2CNCCO[C@H]2c2ccc(Cl)c(Cl)c2)c1.Cl. The summed E-state index contributed by atoms with van der Waals surface area (Å²) in [5.41, 5.74) is 1.09. The number of amides is 1. The molecule has 0 aromatic heterocycles. The van der Waals surface area contributed by atoms with Crippen LogP contribution >= 0.6 is 35.6 Å². The second-order valence-electron chi connectivity index (χ2n) is 6.97. The van der Waals surface area contributed by atoms with Crippen LogP contribution in [0.4, 0.5) is 0 Å². The zero-order valence-corrected chi connectivity index (χ0v) is 19.8. The molecule has 170 valence electrons. The van der Waals surface area contributed by atoms with Gasteiger partial charge in [0.1, 0.15) is 5.75 Å². The molecule has 0 unspecified atom stereocenters. The van der Waals surface area contributed by atoms with Gasteiger partial charge < -0.3 is 14.8 Å². The Morgan fingerprint density at radius 1 is 1.23 bits per heavy atom. The highest BCUT2D eigenvalue weighted by Gasteiger charge is 2.27. The fourth-order valence-corrected chi connectivity index (χ4v) is 3.91. The van der Waals surface area contributed by atoms with E-state index in [0.29, 0.717) is 35.6 Å². The number of ether oxygens (including phenoxy) is 2. The zero-order chi connectivity index (χ0) is 21.7. The second-order valence-corrected chi connectivity index (χ2v) is 9.53. The molecule has 1 aliphatic rings. The first-order chi connectivity index (χ1) is 14.2. The third-order valence-electron chi connectivity index (χ3n) is 4.52. The topological polar surface area (TPSA) is 93.7 Å². The normalized spacial score (nSPS) is 19.1. The van der Waals surface area contributed by atoms with Crippen LogP contribution in [0.25, 0.3) is 0 Å². The van der Waals surface area contributed by atoms with E-state index in [4.69, 9.17) is 32.7 Å². The molecule has 1 saturated heterocycles. The highest BCUT2D eigenvalue weighted by Crippen LogP contribution is 2.32. The summed E-state index contributed by atoms with van der Waals surface area (Å²) < 4.78 is 36.4. The van der Waals surface area contributed by atoms with Crippen LogP contribution in [0.15, 0.2) is 42.5 Å². The van der Waals surface area contributed by atoms with Crippen molar-refractivity contribution in [3.05, 3.63) is 63.6 Å². The van der Waals surface area contributed by atoms with Crippen molar-refractivity contribution in [1.82, 2.24) is 10.0 Å². The Balaban J connectivity index is 0.00000341. The zero-order valence-electron chi connectivity index (χ0n) is 16.6. The van der Waals surface area contributed by atoms with E-state index in [0.717, 1.165) is 18.4 Å². The first-order valence-corrected chi connectivity index (χ1v) is 11.9. The summed E-state index contributed by atoms with van der Waals surface area (Å²) in [4.78, 5) is 12.1. The first kappa shape index (κ1) is 25.7. The van der Waals surface area contributed by atoms with E-state index in [1.54, 1.807) is 24.3 Å². The van der Waals surface area contributed by atoms with Crippen LogP contribution in [0.5, 0.6) is 5.75 Å². The van der Waals surface area contributed by atoms with Crippen LogP contribution in [0.1, 0.15) is 22.0 Å². The van der Waals surface area contributed by atoms with Crippen molar-refractivity contribution in [2.45, 2.75) is 6.10 Å². The molecule has 0 spiro atoms. The molecular formula is C20H23Cl3N2O5S. The molecule has 7 nitrogen and oxygen atoms in total. The van der Waals surface area contributed by atoms with Crippen molar-refractivity contribution in [3.63, 3.8) is 0 Å². The van der Waals surface area contributed by atoms with Crippen molar-refractivity contribution in [3.8, 4) is 5.75 Å². The van der Waals surface area contributed by atoms with Gasteiger partial charge in [-0.2, -0.15) is 0 Å². The lowest BCUT2D eigenvalue weighted by Crippen LogP contribution is -2.30. The van der Waals surface area contributed by atoms with E-state index < -0.39 is 15.9 Å². The molecule has 0 saturated carbocycles. The Morgan fingerprint density at radius 2 is 2.00 bits per heavy atom. The van der Waals surface area contributed by atoms with Gasteiger partial charge in [-0.25, -0.2) is 13.1 Å². The third-order valence-corrected chi connectivity index (χ3v) is 5.82. The molecule has 1 heterocycles. The van der Waals surface area contributed by atoms with Crippen LogP contribution in [0.3, 0.4) is 0 Å². The summed E-state index contributed by atoms with van der Waals surface area (Å²) in [5.74, 6) is -0.289. The lowest BCUT2D eigenvalue weighted by Gasteiger charge is -2.25. The largest absolute Gasteiger partial charge is 0.493 e. The number of rotatable bonds is 6. The summed E-state index contributed by atoms with van der Waals surface area (Å²) in [6.07, 6.45) is 0.680. The number of nitrogens with one attached hydrogen (secondary N) is 2. The Kier molecular flexibility index (Phi) is 9.42.